The van der Waals surface area contributed by atoms with Crippen LogP contribution in [-0.2, 0) is 66.6 Å². The summed E-state index contributed by atoms with van der Waals surface area (Å²) in [5.41, 5.74) is 4.31. The molecular formula is C47H52N2O14. The minimum Gasteiger partial charge on any atom is -0.481 e. The van der Waals surface area contributed by atoms with Gasteiger partial charge in [0.1, 0.15) is 18.8 Å². The van der Waals surface area contributed by atoms with Crippen molar-refractivity contribution in [2.75, 3.05) is 33.8 Å². The van der Waals surface area contributed by atoms with Crippen molar-refractivity contribution in [3.8, 4) is 23.0 Å². The molecule has 10 rings (SSSR count). The Balaban J connectivity index is 0.000000145. The van der Waals surface area contributed by atoms with Gasteiger partial charge in [0.25, 0.3) is 0 Å². The molecule has 4 heterocycles. The van der Waals surface area contributed by atoms with Crippen LogP contribution in [-0.4, -0.2) is 121 Å². The van der Waals surface area contributed by atoms with Crippen molar-refractivity contribution in [2.45, 2.75) is 101 Å². The van der Waals surface area contributed by atoms with Crippen LogP contribution >= 0.6 is 0 Å². The molecule has 2 aromatic rings. The SMILES string of the molecule is C=CCOC(=O)C(=O)O.CC(=O)Oc1ccc2c3c1O[C@H]1[C@@H](OC(C)=O)C=C[C@H]4[C@@H](C2)N(C)CC[C@@]341.CC(=O)Oc1ccc2c3c1O[C@H]1[C@@H](OC(C)=O)C=C[C@H]4[C@@H](C2)N(C)CC[C@@]341. The van der Waals surface area contributed by atoms with Crippen molar-refractivity contribution in [1.82, 2.24) is 9.80 Å². The molecule has 0 saturated carbocycles. The Labute approximate surface area is 364 Å². The average Bonchev–Trinajstić information content (AvgIpc) is 3.77. The number of likely N-dealkylation sites (tertiary alicyclic amines) is 2. The lowest BCUT2D eigenvalue weighted by molar-refractivity contribution is -0.163. The highest BCUT2D eigenvalue weighted by Crippen LogP contribution is 2.64. The number of likely N-dealkylation sites (N-methyl/N-ethyl adjacent to an activating group) is 2. The molecule has 63 heavy (non-hydrogen) atoms. The number of nitrogens with zero attached hydrogens (tertiary/aromatic N) is 2. The van der Waals surface area contributed by atoms with Crippen molar-refractivity contribution in [1.29, 1.82) is 0 Å². The predicted molar refractivity (Wildman–Crippen MR) is 222 cm³/mol. The number of piperidine rings is 2. The number of carbonyl (C=O) groups excluding carboxylic acids is 5. The number of ether oxygens (including phenoxy) is 7. The van der Waals surface area contributed by atoms with E-state index in [1.54, 1.807) is 0 Å². The summed E-state index contributed by atoms with van der Waals surface area (Å²) in [6, 6.07) is 8.55. The maximum absolute atomic E-state index is 11.7. The highest BCUT2D eigenvalue weighted by atomic mass is 16.6. The Morgan fingerprint density at radius 2 is 1.13 bits per heavy atom. The molecule has 16 heteroatoms. The fraction of sp³-hybridized carbons (Fsp3) is 0.489. The molecular weight excluding hydrogens is 817 g/mol. The number of benzene rings is 2. The summed E-state index contributed by atoms with van der Waals surface area (Å²) in [4.78, 5) is 71.1. The molecule has 0 aromatic heterocycles. The first-order valence-corrected chi connectivity index (χ1v) is 21.2. The van der Waals surface area contributed by atoms with Crippen molar-refractivity contribution in [2.24, 2.45) is 11.8 Å². The first-order chi connectivity index (χ1) is 30.0. The third kappa shape index (κ3) is 7.26. The van der Waals surface area contributed by atoms with E-state index in [0.29, 0.717) is 35.1 Å². The zero-order valence-corrected chi connectivity index (χ0v) is 36.1. The maximum Gasteiger partial charge on any atom is 0.417 e. The molecule has 0 unspecified atom stereocenters. The van der Waals surface area contributed by atoms with E-state index in [9.17, 15) is 28.8 Å². The Kier molecular flexibility index (Phi) is 11.5. The zero-order valence-electron chi connectivity index (χ0n) is 36.1. The van der Waals surface area contributed by atoms with Crippen molar-refractivity contribution < 1.29 is 67.0 Å². The highest BCUT2D eigenvalue weighted by molar-refractivity contribution is 6.28. The third-order valence-corrected chi connectivity index (χ3v) is 13.8. The summed E-state index contributed by atoms with van der Waals surface area (Å²) in [6.07, 6.45) is 11.9. The van der Waals surface area contributed by atoms with Gasteiger partial charge in [0.05, 0.1) is 0 Å². The molecule has 2 saturated heterocycles. The van der Waals surface area contributed by atoms with Crippen molar-refractivity contribution >= 4 is 35.8 Å². The first kappa shape index (κ1) is 43.6. The number of aliphatic carboxylic acids is 1. The largest absolute Gasteiger partial charge is 0.481 e. The molecule has 2 aromatic carbocycles. The Morgan fingerprint density at radius 1 is 0.698 bits per heavy atom. The summed E-state index contributed by atoms with van der Waals surface area (Å²) >= 11 is 0. The van der Waals surface area contributed by atoms with Crippen LogP contribution in [0.2, 0.25) is 0 Å². The number of carboxylic acid groups (broad SMARTS) is 1. The van der Waals surface area contributed by atoms with E-state index < -0.39 is 24.1 Å². The Hall–Kier alpha value is -6.00. The van der Waals surface area contributed by atoms with Gasteiger partial charge in [-0.2, -0.15) is 0 Å². The second kappa shape index (κ2) is 16.6. The van der Waals surface area contributed by atoms with E-state index in [1.807, 2.05) is 24.3 Å². The number of carboxylic acids is 1. The topological polar surface area (TPSA) is 194 Å². The van der Waals surface area contributed by atoms with E-state index in [-0.39, 0.29) is 65.4 Å². The van der Waals surface area contributed by atoms with E-state index in [0.717, 1.165) is 49.9 Å². The molecule has 2 spiro atoms. The van der Waals surface area contributed by atoms with Gasteiger partial charge < -0.3 is 48.1 Å². The molecule has 4 bridgehead atoms. The van der Waals surface area contributed by atoms with Gasteiger partial charge in [-0.15, -0.1) is 0 Å². The number of hydrogen-bond donors (Lipinski definition) is 1. The zero-order chi connectivity index (χ0) is 45.1. The molecule has 1 N–H and O–H groups in total. The fourth-order valence-electron chi connectivity index (χ4n) is 11.7. The molecule has 4 aliphatic carbocycles. The predicted octanol–water partition coefficient (Wildman–Crippen LogP) is 3.78. The van der Waals surface area contributed by atoms with Gasteiger partial charge in [0.15, 0.2) is 35.2 Å². The van der Waals surface area contributed by atoms with E-state index in [2.05, 4.69) is 59.5 Å². The van der Waals surface area contributed by atoms with Gasteiger partial charge in [0, 0.05) is 73.6 Å². The second-order valence-electron chi connectivity index (χ2n) is 17.4. The van der Waals surface area contributed by atoms with Crippen molar-refractivity contribution in [3.63, 3.8) is 0 Å². The molecule has 10 atom stereocenters. The summed E-state index contributed by atoms with van der Waals surface area (Å²) < 4.78 is 39.1. The van der Waals surface area contributed by atoms with Gasteiger partial charge in [-0.25, -0.2) is 9.59 Å². The fourth-order valence-corrected chi connectivity index (χ4v) is 11.7. The van der Waals surface area contributed by atoms with Crippen LogP contribution < -0.4 is 18.9 Å². The summed E-state index contributed by atoms with van der Waals surface area (Å²) in [7, 11) is 4.35. The normalized spacial score (nSPS) is 31.3. The van der Waals surface area contributed by atoms with Gasteiger partial charge in [0.2, 0.25) is 0 Å². The number of esters is 5. The molecule has 16 nitrogen and oxygen atoms in total. The third-order valence-electron chi connectivity index (χ3n) is 13.8. The van der Waals surface area contributed by atoms with Gasteiger partial charge in [-0.05, 0) is 88.3 Å². The minimum atomic E-state index is -1.59. The quantitative estimate of drug-likeness (QED) is 0.145. The van der Waals surface area contributed by atoms with Crippen LogP contribution in [0.3, 0.4) is 0 Å². The number of hydrogen-bond acceptors (Lipinski definition) is 15. The monoisotopic (exact) mass is 868 g/mol. The lowest BCUT2D eigenvalue weighted by Gasteiger charge is -2.56. The summed E-state index contributed by atoms with van der Waals surface area (Å²) in [5.74, 6) is -1.42. The molecule has 334 valence electrons. The second-order valence-corrected chi connectivity index (χ2v) is 17.4. The lowest BCUT2D eigenvalue weighted by Crippen LogP contribution is -2.65. The van der Waals surface area contributed by atoms with E-state index >= 15 is 0 Å². The lowest BCUT2D eigenvalue weighted by atomic mass is 9.53. The van der Waals surface area contributed by atoms with Gasteiger partial charge in [-0.3, -0.25) is 19.2 Å². The smallest absolute Gasteiger partial charge is 0.417 e. The van der Waals surface area contributed by atoms with Gasteiger partial charge in [-0.1, -0.05) is 36.9 Å². The van der Waals surface area contributed by atoms with Crippen molar-refractivity contribution in [3.05, 3.63) is 83.5 Å². The average molecular weight is 869 g/mol. The molecule has 0 radical (unpaired) electrons. The van der Waals surface area contributed by atoms with Crippen LogP contribution in [0.5, 0.6) is 23.0 Å². The maximum atomic E-state index is 11.7. The Bertz CT molecular complexity index is 2200. The van der Waals surface area contributed by atoms with Crippen LogP contribution in [0.25, 0.3) is 0 Å². The van der Waals surface area contributed by atoms with E-state index in [1.165, 1.54) is 44.9 Å². The number of rotatable bonds is 6. The van der Waals surface area contributed by atoms with E-state index in [4.69, 9.17) is 33.5 Å². The van der Waals surface area contributed by atoms with Crippen LogP contribution in [0.1, 0.15) is 62.8 Å². The highest BCUT2D eigenvalue weighted by Gasteiger charge is 2.66. The van der Waals surface area contributed by atoms with Gasteiger partial charge >= 0.3 is 35.8 Å². The minimum absolute atomic E-state index is 0.0644. The number of carbonyl (C=O) groups is 6. The van der Waals surface area contributed by atoms with Crippen LogP contribution in [0.15, 0.2) is 61.2 Å². The molecule has 4 aliphatic heterocycles. The Morgan fingerprint density at radius 3 is 1.49 bits per heavy atom. The summed E-state index contributed by atoms with van der Waals surface area (Å²) in [5, 5.41) is 7.90. The first-order valence-electron chi connectivity index (χ1n) is 21.2. The molecule has 2 fully saturated rings. The van der Waals surface area contributed by atoms with Crippen LogP contribution in [0.4, 0.5) is 0 Å². The molecule has 0 amide bonds. The molecule has 8 aliphatic rings. The standard InChI is InChI=1S/2C21H23NO5.C5H6O4/c2*1-11(23)25-16-6-4-13-10-15-14-5-7-17(26-12(2)24)20-21(14,8-9-22(15)3)18(13)19(16)27-20;1-2-3-9-5(8)4(6)7/h2*4-7,14-15,17,20H,8-10H2,1-3H3;2H,1,3H2,(H,6,7)/t2*14-,15+,17-,20-,21-;/m00./s1. The summed E-state index contributed by atoms with van der Waals surface area (Å²) in [6.45, 7) is 10.7. The van der Waals surface area contributed by atoms with Crippen LogP contribution in [0, 0.1) is 11.8 Å².